The molecule has 0 aromatic rings. The molecule has 0 bridgehead atoms. The van der Waals surface area contributed by atoms with Gasteiger partial charge in [-0.15, -0.1) is 0 Å². The van der Waals surface area contributed by atoms with Gasteiger partial charge in [-0.1, -0.05) is 6.92 Å². The van der Waals surface area contributed by atoms with Gasteiger partial charge in [-0.2, -0.15) is 0 Å². The summed E-state index contributed by atoms with van der Waals surface area (Å²) in [6, 6.07) is 0. The molecule has 1 rings (SSSR count). The summed E-state index contributed by atoms with van der Waals surface area (Å²) in [6.07, 6.45) is 0.839. The maximum absolute atomic E-state index is 12.1. The fraction of sp³-hybridized carbons (Fsp3) is 0.833. The van der Waals surface area contributed by atoms with Crippen LogP contribution in [0.25, 0.3) is 0 Å². The molecule has 104 valence electrons. The second-order valence-corrected chi connectivity index (χ2v) is 4.81. The van der Waals surface area contributed by atoms with Gasteiger partial charge in [0.25, 0.3) is 0 Å². The molecule has 6 heteroatoms. The number of aliphatic carboxylic acids is 1. The van der Waals surface area contributed by atoms with Gasteiger partial charge in [-0.05, 0) is 13.5 Å². The lowest BCUT2D eigenvalue weighted by Gasteiger charge is -2.24. The van der Waals surface area contributed by atoms with E-state index >= 15 is 0 Å². The molecule has 1 fully saturated rings. The van der Waals surface area contributed by atoms with Crippen molar-refractivity contribution in [3.63, 3.8) is 0 Å². The van der Waals surface area contributed by atoms with Crippen molar-refractivity contribution < 1.29 is 14.7 Å². The molecule has 1 atom stereocenters. The van der Waals surface area contributed by atoms with E-state index in [0.717, 1.165) is 19.5 Å². The molecule has 6 nitrogen and oxygen atoms in total. The number of rotatable bonds is 5. The quantitative estimate of drug-likeness (QED) is 0.692. The van der Waals surface area contributed by atoms with Gasteiger partial charge in [0.2, 0.25) is 5.91 Å². The number of nitrogens with zero attached hydrogens (tertiary/aromatic N) is 2. The van der Waals surface area contributed by atoms with E-state index in [1.807, 2.05) is 23.8 Å². The minimum Gasteiger partial charge on any atom is -0.480 e. The van der Waals surface area contributed by atoms with E-state index in [0.29, 0.717) is 19.6 Å². The highest BCUT2D eigenvalue weighted by molar-refractivity contribution is 5.78. The first-order valence-electron chi connectivity index (χ1n) is 6.42. The van der Waals surface area contributed by atoms with Crippen molar-refractivity contribution in [1.29, 1.82) is 0 Å². The van der Waals surface area contributed by atoms with Gasteiger partial charge < -0.3 is 15.3 Å². The van der Waals surface area contributed by atoms with Crippen molar-refractivity contribution in [2.24, 2.45) is 5.92 Å². The summed E-state index contributed by atoms with van der Waals surface area (Å²) in [5.74, 6) is -0.680. The minimum atomic E-state index is -0.807. The van der Waals surface area contributed by atoms with Gasteiger partial charge in [0.15, 0.2) is 0 Å². The molecule has 1 unspecified atom stereocenters. The van der Waals surface area contributed by atoms with E-state index in [9.17, 15) is 9.59 Å². The highest BCUT2D eigenvalue weighted by Gasteiger charge is 2.23. The van der Waals surface area contributed by atoms with E-state index in [-0.39, 0.29) is 18.4 Å². The minimum absolute atomic E-state index is 0.0268. The Kier molecular flexibility index (Phi) is 6.07. The molecule has 1 amide bonds. The molecule has 1 aliphatic heterocycles. The lowest BCUT2D eigenvalue weighted by atomic mass is 10.1. The van der Waals surface area contributed by atoms with Crippen LogP contribution < -0.4 is 5.32 Å². The molecular weight excluding hydrogens is 234 g/mol. The van der Waals surface area contributed by atoms with Crippen molar-refractivity contribution in [3.8, 4) is 0 Å². The molecule has 0 aliphatic carbocycles. The first-order chi connectivity index (χ1) is 8.54. The molecule has 0 radical (unpaired) electrons. The van der Waals surface area contributed by atoms with Crippen LogP contribution >= 0.6 is 0 Å². The molecular formula is C12H23N3O3. The van der Waals surface area contributed by atoms with Crippen molar-refractivity contribution in [3.05, 3.63) is 0 Å². The van der Waals surface area contributed by atoms with Crippen LogP contribution in [0, 0.1) is 5.92 Å². The number of amides is 1. The summed E-state index contributed by atoms with van der Waals surface area (Å²) in [5, 5.41) is 11.8. The molecule has 1 heterocycles. The van der Waals surface area contributed by atoms with E-state index in [1.165, 1.54) is 0 Å². The maximum Gasteiger partial charge on any atom is 0.317 e. The second kappa shape index (κ2) is 7.33. The van der Waals surface area contributed by atoms with Gasteiger partial charge in [0.1, 0.15) is 0 Å². The summed E-state index contributed by atoms with van der Waals surface area (Å²) >= 11 is 0. The normalized spacial score (nSPS) is 19.3. The molecule has 2 N–H and O–H groups in total. The Morgan fingerprint density at radius 3 is 2.61 bits per heavy atom. The summed E-state index contributed by atoms with van der Waals surface area (Å²) in [6.45, 7) is 5.39. The van der Waals surface area contributed by atoms with Crippen molar-refractivity contribution >= 4 is 11.9 Å². The predicted molar refractivity (Wildman–Crippen MR) is 68.4 cm³/mol. The van der Waals surface area contributed by atoms with Gasteiger partial charge in [0, 0.05) is 38.6 Å². The number of carbonyl (C=O) groups is 2. The zero-order valence-corrected chi connectivity index (χ0v) is 11.2. The second-order valence-electron chi connectivity index (χ2n) is 4.81. The van der Waals surface area contributed by atoms with E-state index in [2.05, 4.69) is 5.32 Å². The summed E-state index contributed by atoms with van der Waals surface area (Å²) in [7, 11) is 1.83. The monoisotopic (exact) mass is 257 g/mol. The number of carbonyl (C=O) groups excluding carboxylic acids is 1. The number of carboxylic acids is 1. The summed E-state index contributed by atoms with van der Waals surface area (Å²) < 4.78 is 0. The van der Waals surface area contributed by atoms with E-state index in [1.54, 1.807) is 0 Å². The van der Waals surface area contributed by atoms with Crippen LogP contribution in [0.15, 0.2) is 0 Å². The first kappa shape index (κ1) is 14.9. The molecule has 0 spiro atoms. The number of carboxylic acid groups (broad SMARTS) is 1. The number of nitrogens with one attached hydrogen (secondary N) is 1. The predicted octanol–water partition coefficient (Wildman–Crippen LogP) is -0.539. The molecule has 1 saturated heterocycles. The molecule has 0 aromatic heterocycles. The zero-order chi connectivity index (χ0) is 13.5. The number of hydrogen-bond donors (Lipinski definition) is 2. The van der Waals surface area contributed by atoms with Gasteiger partial charge in [0.05, 0.1) is 6.54 Å². The smallest absolute Gasteiger partial charge is 0.317 e. The lowest BCUT2D eigenvalue weighted by Crippen LogP contribution is -2.41. The molecule has 18 heavy (non-hydrogen) atoms. The van der Waals surface area contributed by atoms with E-state index in [4.69, 9.17) is 5.11 Å². The van der Waals surface area contributed by atoms with Crippen molar-refractivity contribution in [2.45, 2.75) is 13.3 Å². The van der Waals surface area contributed by atoms with Crippen molar-refractivity contribution in [1.82, 2.24) is 15.1 Å². The van der Waals surface area contributed by atoms with Gasteiger partial charge in [-0.3, -0.25) is 14.5 Å². The van der Waals surface area contributed by atoms with Gasteiger partial charge >= 0.3 is 5.97 Å². The SMILES string of the molecule is CNCC(C)C(=O)N1CCCN(CC(=O)O)CC1. The Morgan fingerprint density at radius 2 is 2.00 bits per heavy atom. The Labute approximate surface area is 108 Å². The maximum atomic E-state index is 12.1. The van der Waals surface area contributed by atoms with Crippen molar-refractivity contribution in [2.75, 3.05) is 46.3 Å². The lowest BCUT2D eigenvalue weighted by molar-refractivity contribution is -0.138. The van der Waals surface area contributed by atoms with Crippen LogP contribution in [0.1, 0.15) is 13.3 Å². The summed E-state index contributed by atoms with van der Waals surface area (Å²) in [4.78, 5) is 26.5. The standard InChI is InChI=1S/C12H23N3O3/c1-10(8-13-2)12(18)15-5-3-4-14(6-7-15)9-11(16)17/h10,13H,3-9H2,1-2H3,(H,16,17). The van der Waals surface area contributed by atoms with Crippen LogP contribution in [-0.4, -0.2) is 73.1 Å². The third-order valence-corrected chi connectivity index (χ3v) is 3.19. The molecule has 0 aromatic carbocycles. The average molecular weight is 257 g/mol. The number of hydrogen-bond acceptors (Lipinski definition) is 4. The van der Waals surface area contributed by atoms with Crippen LogP contribution in [0.2, 0.25) is 0 Å². The molecule has 0 saturated carbocycles. The van der Waals surface area contributed by atoms with Crippen LogP contribution in [-0.2, 0) is 9.59 Å². The van der Waals surface area contributed by atoms with E-state index < -0.39 is 5.97 Å². The topological polar surface area (TPSA) is 72.9 Å². The third-order valence-electron chi connectivity index (χ3n) is 3.19. The van der Waals surface area contributed by atoms with Crippen LogP contribution in [0.3, 0.4) is 0 Å². The fourth-order valence-corrected chi connectivity index (χ4v) is 2.25. The Balaban J connectivity index is 2.46. The largest absolute Gasteiger partial charge is 0.480 e. The van der Waals surface area contributed by atoms with Gasteiger partial charge in [-0.25, -0.2) is 0 Å². The summed E-state index contributed by atoms with van der Waals surface area (Å²) in [5.41, 5.74) is 0. The highest BCUT2D eigenvalue weighted by Crippen LogP contribution is 2.07. The highest BCUT2D eigenvalue weighted by atomic mass is 16.4. The Hall–Kier alpha value is -1.14. The zero-order valence-electron chi connectivity index (χ0n) is 11.2. The van der Waals surface area contributed by atoms with Crippen LogP contribution in [0.5, 0.6) is 0 Å². The van der Waals surface area contributed by atoms with Crippen LogP contribution in [0.4, 0.5) is 0 Å². The first-order valence-corrected chi connectivity index (χ1v) is 6.42. The third kappa shape index (κ3) is 4.62. The fourth-order valence-electron chi connectivity index (χ4n) is 2.25. The Morgan fingerprint density at radius 1 is 1.28 bits per heavy atom. The average Bonchev–Trinajstić information content (AvgIpc) is 2.53. The Bertz CT molecular complexity index is 296. The molecule has 1 aliphatic rings.